The summed E-state index contributed by atoms with van der Waals surface area (Å²) < 4.78 is 11.5. The summed E-state index contributed by atoms with van der Waals surface area (Å²) in [5, 5.41) is 3.36. The van der Waals surface area contributed by atoms with Crippen LogP contribution >= 0.6 is 0 Å². The summed E-state index contributed by atoms with van der Waals surface area (Å²) in [7, 11) is 0. The lowest BCUT2D eigenvalue weighted by Crippen LogP contribution is -2.27. The second-order valence-corrected chi connectivity index (χ2v) is 4.82. The van der Waals surface area contributed by atoms with Gasteiger partial charge in [-0.3, -0.25) is 0 Å². The third-order valence-electron chi connectivity index (χ3n) is 2.95. The van der Waals surface area contributed by atoms with Crippen molar-refractivity contribution in [3.05, 3.63) is 35.4 Å². The number of nitrogens with one attached hydrogen (secondary N) is 1. The molecule has 3 heteroatoms. The molecule has 0 heterocycles. The molecule has 19 heavy (non-hydrogen) atoms. The van der Waals surface area contributed by atoms with Crippen molar-refractivity contribution in [2.24, 2.45) is 0 Å². The van der Waals surface area contributed by atoms with Crippen molar-refractivity contribution in [2.45, 2.75) is 39.9 Å². The van der Waals surface area contributed by atoms with Crippen molar-refractivity contribution in [3.63, 3.8) is 0 Å². The highest BCUT2D eigenvalue weighted by Crippen LogP contribution is 2.20. The average molecular weight is 265 g/mol. The van der Waals surface area contributed by atoms with Crippen molar-refractivity contribution >= 4 is 0 Å². The van der Waals surface area contributed by atoms with Crippen LogP contribution < -0.4 is 5.32 Å². The Morgan fingerprint density at radius 3 is 2.68 bits per heavy atom. The quantitative estimate of drug-likeness (QED) is 0.744. The molecule has 0 saturated carbocycles. The largest absolute Gasteiger partial charge is 0.379 e. The molecule has 108 valence electrons. The normalized spacial score (nSPS) is 14.3. The van der Waals surface area contributed by atoms with Crippen molar-refractivity contribution in [2.75, 3.05) is 26.3 Å². The first-order chi connectivity index (χ1) is 9.17. The average Bonchev–Trinajstić information content (AvgIpc) is 2.41. The van der Waals surface area contributed by atoms with Gasteiger partial charge < -0.3 is 14.8 Å². The predicted octanol–water partition coefficient (Wildman–Crippen LogP) is 3.09. The topological polar surface area (TPSA) is 30.5 Å². The van der Waals surface area contributed by atoms with Gasteiger partial charge in [0, 0.05) is 13.2 Å². The zero-order valence-electron chi connectivity index (χ0n) is 12.6. The number of hydrogen-bond acceptors (Lipinski definition) is 3. The first kappa shape index (κ1) is 16.2. The molecule has 0 radical (unpaired) electrons. The van der Waals surface area contributed by atoms with E-state index < -0.39 is 0 Å². The smallest absolute Gasteiger partial charge is 0.0954 e. The van der Waals surface area contributed by atoms with Gasteiger partial charge in [0.2, 0.25) is 0 Å². The van der Waals surface area contributed by atoms with Gasteiger partial charge in [0.15, 0.2) is 0 Å². The lowest BCUT2D eigenvalue weighted by atomic mass is 10.1. The minimum Gasteiger partial charge on any atom is -0.379 e. The number of hydrogen-bond donors (Lipinski definition) is 1. The van der Waals surface area contributed by atoms with Crippen molar-refractivity contribution in [3.8, 4) is 0 Å². The molecule has 3 nitrogen and oxygen atoms in total. The first-order valence-corrected chi connectivity index (χ1v) is 7.17. The van der Waals surface area contributed by atoms with Crippen LogP contribution in [-0.2, 0) is 9.47 Å². The van der Waals surface area contributed by atoms with Crippen LogP contribution in [-0.4, -0.2) is 32.4 Å². The van der Waals surface area contributed by atoms with E-state index in [-0.39, 0.29) is 12.2 Å². The fraction of sp³-hybridized carbons (Fsp3) is 0.625. The molecule has 2 unspecified atom stereocenters. The molecule has 0 fully saturated rings. The van der Waals surface area contributed by atoms with Gasteiger partial charge in [0.05, 0.1) is 18.8 Å². The summed E-state index contributed by atoms with van der Waals surface area (Å²) in [6.45, 7) is 11.4. The van der Waals surface area contributed by atoms with E-state index in [0.29, 0.717) is 6.61 Å². The van der Waals surface area contributed by atoms with E-state index in [1.54, 1.807) is 0 Å². The Kier molecular flexibility index (Phi) is 7.72. The predicted molar refractivity (Wildman–Crippen MR) is 79.5 cm³/mol. The van der Waals surface area contributed by atoms with Gasteiger partial charge in [-0.2, -0.15) is 0 Å². The molecule has 1 aromatic carbocycles. The number of benzene rings is 1. The highest BCUT2D eigenvalue weighted by molar-refractivity contribution is 5.24. The lowest BCUT2D eigenvalue weighted by molar-refractivity contribution is -0.0468. The zero-order chi connectivity index (χ0) is 14.1. The summed E-state index contributed by atoms with van der Waals surface area (Å²) >= 11 is 0. The number of likely N-dealkylation sites (N-methyl/N-ethyl adjacent to an activating group) is 1. The van der Waals surface area contributed by atoms with E-state index in [1.165, 1.54) is 11.1 Å². The molecule has 1 rings (SSSR count). The highest BCUT2D eigenvalue weighted by Gasteiger charge is 2.15. The molecular formula is C16H27NO2. The fourth-order valence-electron chi connectivity index (χ4n) is 1.99. The van der Waals surface area contributed by atoms with Crippen molar-refractivity contribution in [1.82, 2.24) is 5.32 Å². The van der Waals surface area contributed by atoms with Crippen LogP contribution in [0.4, 0.5) is 0 Å². The Labute approximate surface area is 117 Å². The molecule has 0 saturated heterocycles. The molecule has 0 spiro atoms. The number of ether oxygens (including phenoxy) is 2. The molecule has 1 aromatic rings. The third-order valence-corrected chi connectivity index (χ3v) is 2.95. The van der Waals surface area contributed by atoms with Crippen LogP contribution in [0.1, 0.15) is 38.0 Å². The van der Waals surface area contributed by atoms with Gasteiger partial charge in [-0.05, 0) is 32.9 Å². The molecule has 0 bridgehead atoms. The van der Waals surface area contributed by atoms with Gasteiger partial charge in [0.1, 0.15) is 0 Å². The Morgan fingerprint density at radius 1 is 1.26 bits per heavy atom. The first-order valence-electron chi connectivity index (χ1n) is 7.17. The molecule has 0 aliphatic heterocycles. The fourth-order valence-corrected chi connectivity index (χ4v) is 1.99. The maximum absolute atomic E-state index is 6.11. The second-order valence-electron chi connectivity index (χ2n) is 4.82. The molecule has 0 aliphatic carbocycles. The molecule has 0 aliphatic rings. The van der Waals surface area contributed by atoms with Gasteiger partial charge >= 0.3 is 0 Å². The molecule has 2 atom stereocenters. The monoisotopic (exact) mass is 265 g/mol. The maximum Gasteiger partial charge on any atom is 0.0954 e. The lowest BCUT2D eigenvalue weighted by Gasteiger charge is -2.23. The van der Waals surface area contributed by atoms with E-state index in [4.69, 9.17) is 9.47 Å². The second kappa shape index (κ2) is 9.08. The Hall–Kier alpha value is -0.900. The van der Waals surface area contributed by atoms with Crippen LogP contribution in [0.15, 0.2) is 24.3 Å². The van der Waals surface area contributed by atoms with E-state index >= 15 is 0 Å². The van der Waals surface area contributed by atoms with E-state index in [0.717, 1.165) is 19.7 Å². The molecule has 0 aromatic heterocycles. The molecular weight excluding hydrogens is 238 g/mol. The van der Waals surface area contributed by atoms with E-state index in [2.05, 4.69) is 50.4 Å². The van der Waals surface area contributed by atoms with Gasteiger partial charge in [-0.25, -0.2) is 0 Å². The van der Waals surface area contributed by atoms with Gasteiger partial charge in [0.25, 0.3) is 0 Å². The van der Waals surface area contributed by atoms with Crippen LogP contribution in [0.5, 0.6) is 0 Å². The molecule has 0 amide bonds. The maximum atomic E-state index is 6.11. The van der Waals surface area contributed by atoms with Crippen molar-refractivity contribution < 1.29 is 9.47 Å². The summed E-state index contributed by atoms with van der Waals surface area (Å²) in [5.74, 6) is 0. The van der Waals surface area contributed by atoms with Crippen LogP contribution in [0.2, 0.25) is 0 Å². The zero-order valence-corrected chi connectivity index (χ0v) is 12.6. The standard InChI is InChI=1S/C16H27NO2/c1-5-17-11-16(19-14(4)12-18-6-2)15-9-7-8-13(3)10-15/h7-10,14,16-17H,5-6,11-12H2,1-4H3. The number of aryl methyl sites for hydroxylation is 1. The van der Waals surface area contributed by atoms with E-state index in [9.17, 15) is 0 Å². The van der Waals surface area contributed by atoms with Crippen LogP contribution in [0.25, 0.3) is 0 Å². The summed E-state index contributed by atoms with van der Waals surface area (Å²) in [6.07, 6.45) is 0.180. The SMILES string of the molecule is CCNCC(OC(C)COCC)c1cccc(C)c1. The van der Waals surface area contributed by atoms with Gasteiger partial charge in [-0.1, -0.05) is 36.8 Å². The summed E-state index contributed by atoms with van der Waals surface area (Å²) in [5.41, 5.74) is 2.49. The van der Waals surface area contributed by atoms with Crippen molar-refractivity contribution in [1.29, 1.82) is 0 Å². The van der Waals surface area contributed by atoms with Crippen LogP contribution in [0.3, 0.4) is 0 Å². The minimum absolute atomic E-state index is 0.0790. The van der Waals surface area contributed by atoms with E-state index in [1.807, 2.05) is 6.92 Å². The molecule has 1 N–H and O–H groups in total. The van der Waals surface area contributed by atoms with Crippen LogP contribution in [0, 0.1) is 6.92 Å². The summed E-state index contributed by atoms with van der Waals surface area (Å²) in [6, 6.07) is 8.51. The third kappa shape index (κ3) is 6.19. The summed E-state index contributed by atoms with van der Waals surface area (Å²) in [4.78, 5) is 0. The number of rotatable bonds is 9. The Balaban J connectivity index is 2.65. The highest BCUT2D eigenvalue weighted by atomic mass is 16.5. The van der Waals surface area contributed by atoms with Gasteiger partial charge in [-0.15, -0.1) is 0 Å². The Morgan fingerprint density at radius 2 is 2.05 bits per heavy atom. The minimum atomic E-state index is 0.0790. The Bertz CT molecular complexity index is 354.